The van der Waals surface area contributed by atoms with E-state index in [9.17, 15) is 14.7 Å². The number of anilines is 1. The SMILES string of the molecule is Cc1nn(C)c(C)c1NC(=O)C1CCCCC1C(=O)O. The van der Waals surface area contributed by atoms with Gasteiger partial charge < -0.3 is 10.4 Å². The van der Waals surface area contributed by atoms with E-state index in [4.69, 9.17) is 0 Å². The molecular formula is C14H21N3O3. The summed E-state index contributed by atoms with van der Waals surface area (Å²) in [7, 11) is 1.82. The predicted molar refractivity (Wildman–Crippen MR) is 74.4 cm³/mol. The third kappa shape index (κ3) is 2.69. The summed E-state index contributed by atoms with van der Waals surface area (Å²) in [6, 6.07) is 0. The van der Waals surface area contributed by atoms with Crippen LogP contribution in [0, 0.1) is 25.7 Å². The molecule has 1 fully saturated rings. The second-order valence-corrected chi connectivity index (χ2v) is 5.49. The monoisotopic (exact) mass is 279 g/mol. The first-order valence-corrected chi connectivity index (χ1v) is 6.95. The molecule has 1 amide bonds. The molecule has 0 radical (unpaired) electrons. The van der Waals surface area contributed by atoms with E-state index in [-0.39, 0.29) is 5.91 Å². The third-order valence-electron chi connectivity index (χ3n) is 4.18. The second kappa shape index (κ2) is 5.64. The van der Waals surface area contributed by atoms with E-state index in [0.717, 1.165) is 24.2 Å². The molecule has 6 heteroatoms. The molecular weight excluding hydrogens is 258 g/mol. The summed E-state index contributed by atoms with van der Waals surface area (Å²) in [5.41, 5.74) is 2.33. The van der Waals surface area contributed by atoms with E-state index in [1.165, 1.54) is 0 Å². The van der Waals surface area contributed by atoms with Gasteiger partial charge in [-0.05, 0) is 26.7 Å². The maximum absolute atomic E-state index is 12.4. The number of rotatable bonds is 3. The Kier molecular flexibility index (Phi) is 4.11. The minimum absolute atomic E-state index is 0.198. The number of nitrogens with one attached hydrogen (secondary N) is 1. The minimum Gasteiger partial charge on any atom is -0.481 e. The molecule has 1 saturated carbocycles. The van der Waals surface area contributed by atoms with Gasteiger partial charge >= 0.3 is 5.97 Å². The highest BCUT2D eigenvalue weighted by molar-refractivity contribution is 5.96. The second-order valence-electron chi connectivity index (χ2n) is 5.49. The number of carboxylic acids is 1. The van der Waals surface area contributed by atoms with Gasteiger partial charge in [0.1, 0.15) is 0 Å². The van der Waals surface area contributed by atoms with Gasteiger partial charge in [0.15, 0.2) is 0 Å². The molecule has 1 heterocycles. The Hall–Kier alpha value is -1.85. The molecule has 0 aromatic carbocycles. The maximum atomic E-state index is 12.4. The summed E-state index contributed by atoms with van der Waals surface area (Å²) in [4.78, 5) is 23.6. The lowest BCUT2D eigenvalue weighted by atomic mass is 9.78. The lowest BCUT2D eigenvalue weighted by Gasteiger charge is -2.27. The van der Waals surface area contributed by atoms with Gasteiger partial charge in [0.2, 0.25) is 5.91 Å². The fraction of sp³-hybridized carbons (Fsp3) is 0.643. The molecule has 20 heavy (non-hydrogen) atoms. The van der Waals surface area contributed by atoms with Gasteiger partial charge in [-0.3, -0.25) is 14.3 Å². The highest BCUT2D eigenvalue weighted by Crippen LogP contribution is 2.32. The van der Waals surface area contributed by atoms with Gasteiger partial charge in [-0.15, -0.1) is 0 Å². The fourth-order valence-electron chi connectivity index (χ4n) is 2.91. The number of aromatic nitrogens is 2. The van der Waals surface area contributed by atoms with Gasteiger partial charge in [0.05, 0.1) is 28.9 Å². The van der Waals surface area contributed by atoms with E-state index in [0.29, 0.717) is 18.5 Å². The first-order chi connectivity index (χ1) is 9.41. The Morgan fingerprint density at radius 3 is 2.35 bits per heavy atom. The zero-order chi connectivity index (χ0) is 14.9. The highest BCUT2D eigenvalue weighted by atomic mass is 16.4. The lowest BCUT2D eigenvalue weighted by molar-refractivity contribution is -0.147. The Morgan fingerprint density at radius 1 is 1.25 bits per heavy atom. The fourth-order valence-corrected chi connectivity index (χ4v) is 2.91. The Bertz CT molecular complexity index is 536. The number of hydrogen-bond acceptors (Lipinski definition) is 3. The largest absolute Gasteiger partial charge is 0.481 e. The van der Waals surface area contributed by atoms with E-state index in [1.807, 2.05) is 20.9 Å². The standard InChI is InChI=1S/C14H21N3O3/c1-8-12(9(2)17(3)16-8)15-13(18)10-6-4-5-7-11(10)14(19)20/h10-11H,4-7H2,1-3H3,(H,15,18)(H,19,20). The predicted octanol–water partition coefficient (Wildman–Crippen LogP) is 1.87. The van der Waals surface area contributed by atoms with Crippen molar-refractivity contribution in [2.45, 2.75) is 39.5 Å². The number of hydrogen-bond donors (Lipinski definition) is 2. The molecule has 0 bridgehead atoms. The molecule has 2 N–H and O–H groups in total. The zero-order valence-electron chi connectivity index (χ0n) is 12.1. The number of aliphatic carboxylic acids is 1. The quantitative estimate of drug-likeness (QED) is 0.884. The topological polar surface area (TPSA) is 84.2 Å². The molecule has 1 aliphatic carbocycles. The molecule has 2 atom stereocenters. The molecule has 2 rings (SSSR count). The molecule has 0 saturated heterocycles. The number of carbonyl (C=O) groups excluding carboxylic acids is 1. The van der Waals surface area contributed by atoms with Gasteiger partial charge in [0.25, 0.3) is 0 Å². The molecule has 0 spiro atoms. The Morgan fingerprint density at radius 2 is 1.85 bits per heavy atom. The maximum Gasteiger partial charge on any atom is 0.307 e. The van der Waals surface area contributed by atoms with Gasteiger partial charge in [-0.1, -0.05) is 12.8 Å². The normalized spacial score (nSPS) is 22.6. The van der Waals surface area contributed by atoms with Crippen LogP contribution in [0.4, 0.5) is 5.69 Å². The van der Waals surface area contributed by atoms with Crippen molar-refractivity contribution in [3.05, 3.63) is 11.4 Å². The zero-order valence-corrected chi connectivity index (χ0v) is 12.1. The Balaban J connectivity index is 2.16. The number of amides is 1. The highest BCUT2D eigenvalue weighted by Gasteiger charge is 2.36. The smallest absolute Gasteiger partial charge is 0.307 e. The third-order valence-corrected chi connectivity index (χ3v) is 4.18. The first kappa shape index (κ1) is 14.6. The number of carbonyl (C=O) groups is 2. The molecule has 0 aliphatic heterocycles. The van der Waals surface area contributed by atoms with Crippen molar-refractivity contribution in [2.75, 3.05) is 5.32 Å². The number of aryl methyl sites for hydroxylation is 2. The van der Waals surface area contributed by atoms with E-state index < -0.39 is 17.8 Å². The summed E-state index contributed by atoms with van der Waals surface area (Å²) in [6.07, 6.45) is 3.01. The average Bonchev–Trinajstić information content (AvgIpc) is 2.65. The van der Waals surface area contributed by atoms with Crippen molar-refractivity contribution in [3.8, 4) is 0 Å². The summed E-state index contributed by atoms with van der Waals surface area (Å²) >= 11 is 0. The Labute approximate surface area is 118 Å². The van der Waals surface area contributed by atoms with Crippen LogP contribution >= 0.6 is 0 Å². The van der Waals surface area contributed by atoms with Crippen LogP contribution in [0.2, 0.25) is 0 Å². The van der Waals surface area contributed by atoms with Crippen molar-refractivity contribution in [1.29, 1.82) is 0 Å². The molecule has 1 aliphatic rings. The summed E-state index contributed by atoms with van der Waals surface area (Å²) in [6.45, 7) is 3.71. The van der Waals surface area contributed by atoms with Gasteiger partial charge in [0, 0.05) is 7.05 Å². The van der Waals surface area contributed by atoms with Crippen LogP contribution in [0.15, 0.2) is 0 Å². The van der Waals surface area contributed by atoms with Crippen molar-refractivity contribution < 1.29 is 14.7 Å². The van der Waals surface area contributed by atoms with Crippen LogP contribution in [0.3, 0.4) is 0 Å². The number of carboxylic acid groups (broad SMARTS) is 1. The number of nitrogens with zero attached hydrogens (tertiary/aromatic N) is 2. The van der Waals surface area contributed by atoms with Crippen LogP contribution in [-0.4, -0.2) is 26.8 Å². The molecule has 1 aromatic rings. The summed E-state index contributed by atoms with van der Waals surface area (Å²) < 4.78 is 1.71. The van der Waals surface area contributed by atoms with Crippen LogP contribution < -0.4 is 5.32 Å². The molecule has 110 valence electrons. The van der Waals surface area contributed by atoms with Crippen LogP contribution in [-0.2, 0) is 16.6 Å². The van der Waals surface area contributed by atoms with E-state index in [1.54, 1.807) is 4.68 Å². The van der Waals surface area contributed by atoms with Crippen molar-refractivity contribution in [3.63, 3.8) is 0 Å². The van der Waals surface area contributed by atoms with Crippen LogP contribution in [0.25, 0.3) is 0 Å². The lowest BCUT2D eigenvalue weighted by Crippen LogP contribution is -2.36. The average molecular weight is 279 g/mol. The van der Waals surface area contributed by atoms with E-state index >= 15 is 0 Å². The van der Waals surface area contributed by atoms with Crippen LogP contribution in [0.5, 0.6) is 0 Å². The van der Waals surface area contributed by atoms with Crippen molar-refractivity contribution >= 4 is 17.6 Å². The summed E-state index contributed by atoms with van der Waals surface area (Å²) in [5.74, 6) is -2.08. The van der Waals surface area contributed by atoms with E-state index in [2.05, 4.69) is 10.4 Å². The van der Waals surface area contributed by atoms with Crippen LogP contribution in [0.1, 0.15) is 37.1 Å². The first-order valence-electron chi connectivity index (χ1n) is 6.95. The van der Waals surface area contributed by atoms with Gasteiger partial charge in [-0.25, -0.2) is 0 Å². The van der Waals surface area contributed by atoms with Crippen molar-refractivity contribution in [2.24, 2.45) is 18.9 Å². The minimum atomic E-state index is -0.871. The van der Waals surface area contributed by atoms with Crippen molar-refractivity contribution in [1.82, 2.24) is 9.78 Å². The summed E-state index contributed by atoms with van der Waals surface area (Å²) in [5, 5.41) is 16.4. The van der Waals surface area contributed by atoms with Gasteiger partial charge in [-0.2, -0.15) is 5.10 Å². The molecule has 1 aromatic heterocycles. The molecule has 2 unspecified atom stereocenters. The molecule has 6 nitrogen and oxygen atoms in total.